The number of benzene rings is 2. The Balaban J connectivity index is 2.00. The van der Waals surface area contributed by atoms with Gasteiger partial charge in [-0.3, -0.25) is 9.59 Å². The van der Waals surface area contributed by atoms with Gasteiger partial charge in [-0.05, 0) is 18.2 Å². The van der Waals surface area contributed by atoms with Gasteiger partial charge in [-0.2, -0.15) is 0 Å². The highest BCUT2D eigenvalue weighted by atomic mass is 16.4. The fourth-order valence-electron chi connectivity index (χ4n) is 2.31. The van der Waals surface area contributed by atoms with E-state index in [2.05, 4.69) is 5.32 Å². The predicted octanol–water partition coefficient (Wildman–Crippen LogP) is 2.60. The van der Waals surface area contributed by atoms with Gasteiger partial charge in [-0.15, -0.1) is 0 Å². The molecular formula is C17H11NO4. The molecule has 0 saturated carbocycles. The number of fused-ring (bicyclic) bond motifs is 1. The molecule has 0 unspecified atom stereocenters. The van der Waals surface area contributed by atoms with E-state index in [1.54, 1.807) is 36.4 Å². The van der Waals surface area contributed by atoms with Crippen LogP contribution >= 0.6 is 0 Å². The number of hydrogen-bond donors (Lipinski definition) is 2. The average Bonchev–Trinajstić information content (AvgIpc) is 2.52. The summed E-state index contributed by atoms with van der Waals surface area (Å²) in [6.45, 7) is 0. The fraction of sp³-hybridized carbons (Fsp3) is 0. The largest absolute Gasteiger partial charge is 0.478 e. The van der Waals surface area contributed by atoms with E-state index < -0.39 is 17.5 Å². The Morgan fingerprint density at radius 3 is 2.41 bits per heavy atom. The van der Waals surface area contributed by atoms with Crippen molar-refractivity contribution in [3.8, 4) is 0 Å². The van der Waals surface area contributed by atoms with Crippen LogP contribution in [-0.2, 0) is 4.79 Å². The molecule has 0 fully saturated rings. The number of carbonyl (C=O) groups excluding carboxylic acids is 2. The van der Waals surface area contributed by atoms with Gasteiger partial charge < -0.3 is 10.4 Å². The smallest absolute Gasteiger partial charge is 0.335 e. The molecule has 108 valence electrons. The molecule has 1 aliphatic rings. The lowest BCUT2D eigenvalue weighted by molar-refractivity contribution is -0.111. The van der Waals surface area contributed by atoms with Gasteiger partial charge in [-0.25, -0.2) is 4.79 Å². The van der Waals surface area contributed by atoms with Crippen LogP contribution in [0.3, 0.4) is 0 Å². The molecule has 5 nitrogen and oxygen atoms in total. The Kier molecular flexibility index (Phi) is 3.31. The summed E-state index contributed by atoms with van der Waals surface area (Å²) in [5, 5.41) is 12.0. The van der Waals surface area contributed by atoms with Crippen LogP contribution in [0.25, 0.3) is 5.70 Å². The highest BCUT2D eigenvalue weighted by Crippen LogP contribution is 2.26. The Hall–Kier alpha value is -3.21. The lowest BCUT2D eigenvalue weighted by Crippen LogP contribution is -2.20. The summed E-state index contributed by atoms with van der Waals surface area (Å²) in [7, 11) is 0. The molecule has 0 heterocycles. The maximum atomic E-state index is 11.9. The van der Waals surface area contributed by atoms with E-state index in [0.29, 0.717) is 22.5 Å². The van der Waals surface area contributed by atoms with E-state index in [9.17, 15) is 14.4 Å². The van der Waals surface area contributed by atoms with Gasteiger partial charge in [0.05, 0.1) is 11.3 Å². The standard InChI is InChI=1S/C17H11NO4/c19-15-9-14(12-6-1-2-7-13(12)16(15)20)18-11-5-3-4-10(8-11)17(21)22/h1-9,18H,(H,21,22). The van der Waals surface area contributed by atoms with Crippen molar-refractivity contribution in [3.63, 3.8) is 0 Å². The molecule has 0 bridgehead atoms. The first-order chi connectivity index (χ1) is 10.6. The first-order valence-corrected chi connectivity index (χ1v) is 6.56. The second-order valence-corrected chi connectivity index (χ2v) is 4.81. The van der Waals surface area contributed by atoms with Crippen LogP contribution in [-0.4, -0.2) is 22.6 Å². The van der Waals surface area contributed by atoms with Crippen molar-refractivity contribution in [2.24, 2.45) is 0 Å². The Labute approximate surface area is 125 Å². The van der Waals surface area contributed by atoms with E-state index in [4.69, 9.17) is 5.11 Å². The van der Waals surface area contributed by atoms with Crippen molar-refractivity contribution in [2.45, 2.75) is 0 Å². The summed E-state index contributed by atoms with van der Waals surface area (Å²) < 4.78 is 0. The Morgan fingerprint density at radius 1 is 0.955 bits per heavy atom. The number of rotatable bonds is 3. The minimum atomic E-state index is -1.03. The average molecular weight is 293 g/mol. The zero-order valence-electron chi connectivity index (χ0n) is 11.4. The van der Waals surface area contributed by atoms with Gasteiger partial charge in [0.25, 0.3) is 0 Å². The van der Waals surface area contributed by atoms with Crippen LogP contribution in [0.2, 0.25) is 0 Å². The van der Waals surface area contributed by atoms with Crippen molar-refractivity contribution in [3.05, 3.63) is 71.3 Å². The number of anilines is 1. The predicted molar refractivity (Wildman–Crippen MR) is 80.8 cm³/mol. The maximum Gasteiger partial charge on any atom is 0.335 e. The number of carboxylic acid groups (broad SMARTS) is 1. The number of hydrogen-bond acceptors (Lipinski definition) is 4. The topological polar surface area (TPSA) is 83.5 Å². The Morgan fingerprint density at radius 2 is 1.68 bits per heavy atom. The number of Topliss-reactive ketones (excluding diaryl/α,β-unsaturated/α-hetero) is 1. The fourth-order valence-corrected chi connectivity index (χ4v) is 2.31. The SMILES string of the molecule is O=C1C=C(Nc2cccc(C(=O)O)c2)c2ccccc2C1=O. The zero-order chi connectivity index (χ0) is 15.7. The van der Waals surface area contributed by atoms with E-state index in [1.165, 1.54) is 18.2 Å². The van der Waals surface area contributed by atoms with E-state index >= 15 is 0 Å². The van der Waals surface area contributed by atoms with Crippen LogP contribution in [0.15, 0.2) is 54.6 Å². The zero-order valence-corrected chi connectivity index (χ0v) is 11.4. The third-order valence-electron chi connectivity index (χ3n) is 3.35. The van der Waals surface area contributed by atoms with Crippen molar-refractivity contribution < 1.29 is 19.5 Å². The summed E-state index contributed by atoms with van der Waals surface area (Å²) in [5.41, 5.74) is 2.10. The molecule has 0 atom stereocenters. The molecule has 0 aliphatic heterocycles. The molecule has 2 aromatic carbocycles. The van der Waals surface area contributed by atoms with Crippen LogP contribution in [0.5, 0.6) is 0 Å². The number of ketones is 2. The van der Waals surface area contributed by atoms with Gasteiger partial charge in [0, 0.05) is 22.9 Å². The second kappa shape index (κ2) is 5.29. The van der Waals surface area contributed by atoms with Crippen LogP contribution in [0.4, 0.5) is 5.69 Å². The lowest BCUT2D eigenvalue weighted by Gasteiger charge is -2.18. The van der Waals surface area contributed by atoms with E-state index in [0.717, 1.165) is 0 Å². The number of carboxylic acids is 1. The minimum Gasteiger partial charge on any atom is -0.478 e. The summed E-state index contributed by atoms with van der Waals surface area (Å²) in [6.07, 6.45) is 1.23. The van der Waals surface area contributed by atoms with E-state index in [1.807, 2.05) is 0 Å². The van der Waals surface area contributed by atoms with Crippen LogP contribution < -0.4 is 5.32 Å². The molecule has 0 amide bonds. The molecule has 3 rings (SSSR count). The molecule has 1 aliphatic carbocycles. The highest BCUT2D eigenvalue weighted by Gasteiger charge is 2.25. The number of allylic oxidation sites excluding steroid dienone is 1. The van der Waals surface area contributed by atoms with Crippen molar-refractivity contribution in [1.82, 2.24) is 0 Å². The number of nitrogens with one attached hydrogen (secondary N) is 1. The first kappa shape index (κ1) is 13.8. The van der Waals surface area contributed by atoms with Gasteiger partial charge in [0.2, 0.25) is 11.6 Å². The van der Waals surface area contributed by atoms with Crippen molar-refractivity contribution >= 4 is 28.9 Å². The second-order valence-electron chi connectivity index (χ2n) is 4.81. The molecule has 2 N–H and O–H groups in total. The Bertz CT molecular complexity index is 836. The summed E-state index contributed by atoms with van der Waals surface area (Å²) >= 11 is 0. The van der Waals surface area contributed by atoms with Crippen molar-refractivity contribution in [1.29, 1.82) is 0 Å². The van der Waals surface area contributed by atoms with Crippen molar-refractivity contribution in [2.75, 3.05) is 5.32 Å². The number of aromatic carboxylic acids is 1. The maximum absolute atomic E-state index is 11.9. The molecular weight excluding hydrogens is 282 g/mol. The molecule has 5 heteroatoms. The van der Waals surface area contributed by atoms with Crippen LogP contribution in [0, 0.1) is 0 Å². The summed E-state index contributed by atoms with van der Waals surface area (Å²) in [4.78, 5) is 34.6. The molecule has 0 aromatic heterocycles. The normalized spacial score (nSPS) is 13.4. The first-order valence-electron chi connectivity index (χ1n) is 6.56. The molecule has 0 saturated heterocycles. The van der Waals surface area contributed by atoms with Gasteiger partial charge in [0.1, 0.15) is 0 Å². The summed E-state index contributed by atoms with van der Waals surface area (Å²) in [6, 6.07) is 13.0. The minimum absolute atomic E-state index is 0.136. The molecule has 2 aromatic rings. The van der Waals surface area contributed by atoms with Gasteiger partial charge in [-0.1, -0.05) is 30.3 Å². The highest BCUT2D eigenvalue weighted by molar-refractivity contribution is 6.50. The quantitative estimate of drug-likeness (QED) is 0.850. The van der Waals surface area contributed by atoms with E-state index in [-0.39, 0.29) is 5.56 Å². The molecule has 0 spiro atoms. The van der Waals surface area contributed by atoms with Crippen LogP contribution in [0.1, 0.15) is 26.3 Å². The third-order valence-corrected chi connectivity index (χ3v) is 3.35. The molecule has 0 radical (unpaired) electrons. The third kappa shape index (κ3) is 2.40. The van der Waals surface area contributed by atoms with Gasteiger partial charge in [0.15, 0.2) is 0 Å². The summed E-state index contributed by atoms with van der Waals surface area (Å²) in [5.74, 6) is -2.18. The van der Waals surface area contributed by atoms with Gasteiger partial charge >= 0.3 is 5.97 Å². The lowest BCUT2D eigenvalue weighted by atomic mass is 9.92. The monoisotopic (exact) mass is 293 g/mol. The molecule has 22 heavy (non-hydrogen) atoms. The number of carbonyl (C=O) groups is 3.